The van der Waals surface area contributed by atoms with Gasteiger partial charge in [-0.1, -0.05) is 37.3 Å². The fraction of sp³-hybridized carbons (Fsp3) is 0.429. The Bertz CT molecular complexity index is 451. The summed E-state index contributed by atoms with van der Waals surface area (Å²) in [7, 11) is 0. The number of benzene rings is 1. The van der Waals surface area contributed by atoms with Crippen molar-refractivity contribution >= 4 is 23.1 Å². The summed E-state index contributed by atoms with van der Waals surface area (Å²) in [5.41, 5.74) is 5.97. The van der Waals surface area contributed by atoms with Gasteiger partial charge in [0.2, 0.25) is 5.91 Å². The molecule has 0 aliphatic carbocycles. The highest BCUT2D eigenvalue weighted by molar-refractivity contribution is 7.80. The molecule has 1 aromatic rings. The first-order valence-electron chi connectivity index (χ1n) is 6.34. The van der Waals surface area contributed by atoms with Crippen LogP contribution in [-0.2, 0) is 11.3 Å². The molecule has 104 valence electrons. The van der Waals surface area contributed by atoms with Crippen LogP contribution in [0.5, 0.6) is 0 Å². The van der Waals surface area contributed by atoms with E-state index in [0.717, 1.165) is 6.42 Å². The van der Waals surface area contributed by atoms with Crippen LogP contribution in [0, 0.1) is 5.82 Å². The molecule has 0 spiro atoms. The van der Waals surface area contributed by atoms with Gasteiger partial charge in [0.15, 0.2) is 0 Å². The quantitative estimate of drug-likeness (QED) is 0.782. The van der Waals surface area contributed by atoms with Gasteiger partial charge in [-0.3, -0.25) is 4.79 Å². The molecule has 3 nitrogen and oxygen atoms in total. The van der Waals surface area contributed by atoms with E-state index < -0.39 is 0 Å². The van der Waals surface area contributed by atoms with Crippen LogP contribution in [0.1, 0.15) is 31.7 Å². The van der Waals surface area contributed by atoms with Gasteiger partial charge in [-0.25, -0.2) is 4.39 Å². The number of thiocarbonyl (C=S) groups is 1. The molecule has 1 aromatic carbocycles. The van der Waals surface area contributed by atoms with Gasteiger partial charge in [-0.05, 0) is 12.5 Å². The van der Waals surface area contributed by atoms with Gasteiger partial charge in [-0.2, -0.15) is 0 Å². The maximum Gasteiger partial charge on any atom is 0.222 e. The summed E-state index contributed by atoms with van der Waals surface area (Å²) in [5, 5.41) is 0. The van der Waals surface area contributed by atoms with E-state index in [0.29, 0.717) is 29.9 Å². The topological polar surface area (TPSA) is 46.3 Å². The predicted octanol–water partition coefficient (Wildman–Crippen LogP) is 2.63. The highest BCUT2D eigenvalue weighted by Crippen LogP contribution is 2.12. The molecular formula is C14H19FN2OS. The van der Waals surface area contributed by atoms with Gasteiger partial charge in [0.1, 0.15) is 5.82 Å². The standard InChI is InChI=1S/C14H19FN2OS/c1-2-5-14(18)17(9-8-13(16)19)10-11-6-3-4-7-12(11)15/h3-4,6-7H,2,5,8-10H2,1H3,(H2,16,19). The maximum atomic E-state index is 13.6. The molecule has 0 aromatic heterocycles. The van der Waals surface area contributed by atoms with Crippen molar-refractivity contribution in [2.45, 2.75) is 32.7 Å². The second kappa shape index (κ2) is 7.84. The highest BCUT2D eigenvalue weighted by Gasteiger charge is 2.15. The third-order valence-electron chi connectivity index (χ3n) is 2.76. The Morgan fingerprint density at radius 3 is 2.63 bits per heavy atom. The van der Waals surface area contributed by atoms with Gasteiger partial charge in [0.05, 0.1) is 4.99 Å². The van der Waals surface area contributed by atoms with Crippen LogP contribution in [0.4, 0.5) is 4.39 Å². The third-order valence-corrected chi connectivity index (χ3v) is 2.97. The Morgan fingerprint density at radius 2 is 2.05 bits per heavy atom. The number of carbonyl (C=O) groups excluding carboxylic acids is 1. The van der Waals surface area contributed by atoms with Crippen molar-refractivity contribution < 1.29 is 9.18 Å². The summed E-state index contributed by atoms with van der Waals surface area (Å²) >= 11 is 4.82. The fourth-order valence-corrected chi connectivity index (χ4v) is 1.83. The van der Waals surface area contributed by atoms with Gasteiger partial charge in [0.25, 0.3) is 0 Å². The van der Waals surface area contributed by atoms with Crippen molar-refractivity contribution in [1.82, 2.24) is 4.90 Å². The fourth-order valence-electron chi connectivity index (χ4n) is 1.74. The number of amides is 1. The van der Waals surface area contributed by atoms with Crippen LogP contribution in [0.25, 0.3) is 0 Å². The van der Waals surface area contributed by atoms with Gasteiger partial charge < -0.3 is 10.6 Å². The van der Waals surface area contributed by atoms with E-state index in [1.165, 1.54) is 6.07 Å². The highest BCUT2D eigenvalue weighted by atomic mass is 32.1. The molecular weight excluding hydrogens is 263 g/mol. The molecule has 0 atom stereocenters. The summed E-state index contributed by atoms with van der Waals surface area (Å²) in [4.78, 5) is 14.0. The minimum Gasteiger partial charge on any atom is -0.393 e. The summed E-state index contributed by atoms with van der Waals surface area (Å²) in [6.45, 7) is 2.63. The molecule has 0 aliphatic rings. The SMILES string of the molecule is CCCC(=O)N(CCC(N)=S)Cc1ccccc1F. The molecule has 1 rings (SSSR count). The molecule has 0 aliphatic heterocycles. The number of carbonyl (C=O) groups is 1. The lowest BCUT2D eigenvalue weighted by molar-refractivity contribution is -0.131. The Kier molecular flexibility index (Phi) is 6.42. The summed E-state index contributed by atoms with van der Waals surface area (Å²) in [6, 6.07) is 6.47. The van der Waals surface area contributed by atoms with E-state index in [1.54, 1.807) is 23.1 Å². The molecule has 1 amide bonds. The number of halogens is 1. The predicted molar refractivity (Wildman–Crippen MR) is 78.1 cm³/mol. The minimum atomic E-state index is -0.299. The minimum absolute atomic E-state index is 0.00185. The van der Waals surface area contributed by atoms with Crippen molar-refractivity contribution in [3.63, 3.8) is 0 Å². The monoisotopic (exact) mass is 282 g/mol. The van der Waals surface area contributed by atoms with Gasteiger partial charge in [-0.15, -0.1) is 0 Å². The maximum absolute atomic E-state index is 13.6. The lowest BCUT2D eigenvalue weighted by Crippen LogP contribution is -2.33. The van der Waals surface area contributed by atoms with Crippen molar-refractivity contribution in [2.24, 2.45) is 5.73 Å². The van der Waals surface area contributed by atoms with Crippen molar-refractivity contribution in [1.29, 1.82) is 0 Å². The zero-order valence-corrected chi connectivity index (χ0v) is 11.9. The summed E-state index contributed by atoms with van der Waals surface area (Å²) < 4.78 is 13.6. The van der Waals surface area contributed by atoms with E-state index in [9.17, 15) is 9.18 Å². The van der Waals surface area contributed by atoms with Crippen LogP contribution < -0.4 is 5.73 Å². The van der Waals surface area contributed by atoms with Crippen LogP contribution >= 0.6 is 12.2 Å². The first kappa shape index (κ1) is 15.6. The smallest absolute Gasteiger partial charge is 0.222 e. The average molecular weight is 282 g/mol. The molecule has 0 saturated heterocycles. The Balaban J connectivity index is 2.75. The molecule has 0 bridgehead atoms. The third kappa shape index (κ3) is 5.34. The number of rotatable bonds is 7. The van der Waals surface area contributed by atoms with Crippen molar-refractivity contribution in [3.8, 4) is 0 Å². The number of hydrogen-bond acceptors (Lipinski definition) is 2. The summed E-state index contributed by atoms with van der Waals surface area (Å²) in [5.74, 6) is -0.297. The van der Waals surface area contributed by atoms with Crippen molar-refractivity contribution in [2.75, 3.05) is 6.54 Å². The largest absolute Gasteiger partial charge is 0.393 e. The van der Waals surface area contributed by atoms with E-state index >= 15 is 0 Å². The summed E-state index contributed by atoms with van der Waals surface area (Å²) in [6.07, 6.45) is 1.67. The van der Waals surface area contributed by atoms with Crippen LogP contribution in [0.3, 0.4) is 0 Å². The molecule has 0 saturated carbocycles. The second-order valence-corrected chi connectivity index (χ2v) is 4.90. The molecule has 19 heavy (non-hydrogen) atoms. The lowest BCUT2D eigenvalue weighted by atomic mass is 10.1. The number of nitrogens with zero attached hydrogens (tertiary/aromatic N) is 1. The Hall–Kier alpha value is -1.49. The molecule has 0 fully saturated rings. The first-order chi connectivity index (χ1) is 9.04. The van der Waals surface area contributed by atoms with E-state index in [2.05, 4.69) is 0 Å². The first-order valence-corrected chi connectivity index (χ1v) is 6.75. The number of nitrogens with two attached hydrogens (primary N) is 1. The Labute approximate surface area is 118 Å². The van der Waals surface area contributed by atoms with Crippen LogP contribution in [0.2, 0.25) is 0 Å². The zero-order chi connectivity index (χ0) is 14.3. The second-order valence-electron chi connectivity index (χ2n) is 4.37. The lowest BCUT2D eigenvalue weighted by Gasteiger charge is -2.22. The normalized spacial score (nSPS) is 10.2. The zero-order valence-electron chi connectivity index (χ0n) is 11.1. The van der Waals surface area contributed by atoms with Crippen molar-refractivity contribution in [3.05, 3.63) is 35.6 Å². The number of hydrogen-bond donors (Lipinski definition) is 1. The van der Waals surface area contributed by atoms with Crippen LogP contribution in [-0.4, -0.2) is 22.3 Å². The average Bonchev–Trinajstić information content (AvgIpc) is 2.36. The van der Waals surface area contributed by atoms with E-state index in [-0.39, 0.29) is 18.3 Å². The Morgan fingerprint density at radius 1 is 1.37 bits per heavy atom. The van der Waals surface area contributed by atoms with Gasteiger partial charge in [0, 0.05) is 31.5 Å². The molecule has 0 heterocycles. The van der Waals surface area contributed by atoms with Gasteiger partial charge >= 0.3 is 0 Å². The molecule has 0 radical (unpaired) electrons. The van der Waals surface area contributed by atoms with E-state index in [4.69, 9.17) is 18.0 Å². The van der Waals surface area contributed by atoms with Crippen LogP contribution in [0.15, 0.2) is 24.3 Å². The molecule has 2 N–H and O–H groups in total. The van der Waals surface area contributed by atoms with E-state index in [1.807, 2.05) is 6.92 Å². The molecule has 5 heteroatoms. The molecule has 0 unspecified atom stereocenters.